The molecule has 5 N–H and O–H groups in total. The van der Waals surface area contributed by atoms with E-state index in [1.165, 1.54) is 27.9 Å². The molecule has 3 rings (SSSR count). The lowest BCUT2D eigenvalue weighted by Gasteiger charge is -2.32. The summed E-state index contributed by atoms with van der Waals surface area (Å²) in [6.07, 6.45) is 0.319. The Kier molecular flexibility index (Phi) is 12.5. The summed E-state index contributed by atoms with van der Waals surface area (Å²) < 4.78 is 5.21. The Morgan fingerprint density at radius 3 is 2.06 bits per heavy atom. The molecule has 264 valence electrons. The van der Waals surface area contributed by atoms with Crippen molar-refractivity contribution in [3.05, 3.63) is 29.8 Å². The lowest BCUT2D eigenvalue weighted by molar-refractivity contribution is -0.141. The van der Waals surface area contributed by atoms with Gasteiger partial charge in [0.05, 0.1) is 13.7 Å². The maximum Gasteiger partial charge on any atom is 0.325 e. The molecule has 8 amide bonds. The summed E-state index contributed by atoms with van der Waals surface area (Å²) in [6, 6.07) is 2.38. The van der Waals surface area contributed by atoms with E-state index in [2.05, 4.69) is 26.6 Å². The van der Waals surface area contributed by atoms with Gasteiger partial charge >= 0.3 is 6.03 Å². The molecule has 1 aromatic carbocycles. The van der Waals surface area contributed by atoms with Crippen molar-refractivity contribution >= 4 is 41.5 Å². The van der Waals surface area contributed by atoms with Gasteiger partial charge in [0.25, 0.3) is 5.91 Å². The van der Waals surface area contributed by atoms with E-state index in [0.29, 0.717) is 5.75 Å². The number of hydrogen-bond donors (Lipinski definition) is 5. The quantitative estimate of drug-likeness (QED) is 0.240. The first kappa shape index (κ1) is 37.8. The molecule has 2 fully saturated rings. The lowest BCUT2D eigenvalue weighted by Crippen LogP contribution is -2.57. The van der Waals surface area contributed by atoms with Gasteiger partial charge < -0.3 is 36.2 Å². The first-order chi connectivity index (χ1) is 22.4. The Bertz CT molecular complexity index is 1390. The Hall–Kier alpha value is -4.69. The van der Waals surface area contributed by atoms with Crippen LogP contribution in [-0.4, -0.2) is 108 Å². The Morgan fingerprint density at radius 2 is 1.52 bits per heavy atom. The third kappa shape index (κ3) is 9.91. The number of nitrogens with one attached hydrogen (secondary N) is 5. The van der Waals surface area contributed by atoms with E-state index in [0.717, 1.165) is 15.4 Å². The van der Waals surface area contributed by atoms with E-state index in [4.69, 9.17) is 4.74 Å². The number of benzene rings is 1. The topological polar surface area (TPSA) is 195 Å². The van der Waals surface area contributed by atoms with Crippen LogP contribution in [-0.2, 0) is 35.2 Å². The van der Waals surface area contributed by atoms with Gasteiger partial charge in [0.15, 0.2) is 0 Å². The summed E-state index contributed by atoms with van der Waals surface area (Å²) in [4.78, 5) is 95.0. The SMILES string of the molecule is COc1ccc(C[C@@H]2NC(=O)[C@H](CC(C)C)NC(=O)CN(C(=O)CN3C(=O)NC(C)(C)C3=O)C[C@H](C(C)C)NC(=O)[C@@H](C)NC2=O)cc1. The molecule has 2 saturated heterocycles. The molecule has 0 spiro atoms. The summed E-state index contributed by atoms with van der Waals surface area (Å²) in [6.45, 7) is 10.6. The maximum absolute atomic E-state index is 13.7. The minimum absolute atomic E-state index is 0.0371. The first-order valence-electron chi connectivity index (χ1n) is 16.2. The zero-order chi connectivity index (χ0) is 35.9. The van der Waals surface area contributed by atoms with Gasteiger partial charge in [-0.2, -0.15) is 0 Å². The molecule has 0 radical (unpaired) electrons. The Balaban J connectivity index is 1.96. The third-order valence-electron chi connectivity index (χ3n) is 8.32. The predicted octanol–water partition coefficient (Wildman–Crippen LogP) is 0.0715. The van der Waals surface area contributed by atoms with Gasteiger partial charge in [0, 0.05) is 19.0 Å². The van der Waals surface area contributed by atoms with Crippen molar-refractivity contribution in [3.63, 3.8) is 0 Å². The number of nitrogens with zero attached hydrogens (tertiary/aromatic N) is 2. The molecular weight excluding hydrogens is 622 g/mol. The molecule has 0 aromatic heterocycles. The zero-order valence-corrected chi connectivity index (χ0v) is 29.0. The third-order valence-corrected chi connectivity index (χ3v) is 8.32. The summed E-state index contributed by atoms with van der Waals surface area (Å²) in [7, 11) is 1.53. The van der Waals surface area contributed by atoms with Crippen LogP contribution in [0, 0.1) is 11.8 Å². The van der Waals surface area contributed by atoms with Crippen LogP contribution in [0.1, 0.15) is 60.5 Å². The smallest absolute Gasteiger partial charge is 0.325 e. The van der Waals surface area contributed by atoms with Crippen LogP contribution < -0.4 is 31.3 Å². The fourth-order valence-corrected chi connectivity index (χ4v) is 5.39. The van der Waals surface area contributed by atoms with Crippen molar-refractivity contribution in [2.75, 3.05) is 26.7 Å². The molecule has 15 heteroatoms. The maximum atomic E-state index is 13.7. The molecule has 2 aliphatic heterocycles. The van der Waals surface area contributed by atoms with Crippen LogP contribution in [0.2, 0.25) is 0 Å². The van der Waals surface area contributed by atoms with Crippen molar-refractivity contribution in [1.82, 2.24) is 36.4 Å². The first-order valence-corrected chi connectivity index (χ1v) is 16.2. The average molecular weight is 672 g/mol. The number of methoxy groups -OCH3 is 1. The van der Waals surface area contributed by atoms with Gasteiger partial charge in [-0.05, 0) is 56.7 Å². The number of rotatable bonds is 8. The number of amides is 8. The number of carbonyl (C=O) groups excluding carboxylic acids is 7. The normalized spacial score (nSPS) is 24.3. The highest BCUT2D eigenvalue weighted by Crippen LogP contribution is 2.18. The minimum Gasteiger partial charge on any atom is -0.497 e. The number of urea groups is 1. The van der Waals surface area contributed by atoms with E-state index in [1.54, 1.807) is 24.3 Å². The van der Waals surface area contributed by atoms with Crippen molar-refractivity contribution in [2.45, 2.75) is 91.0 Å². The zero-order valence-electron chi connectivity index (χ0n) is 29.0. The van der Waals surface area contributed by atoms with Gasteiger partial charge in [0.1, 0.15) is 36.0 Å². The molecule has 0 bridgehead atoms. The van der Waals surface area contributed by atoms with Crippen LogP contribution in [0.15, 0.2) is 24.3 Å². The van der Waals surface area contributed by atoms with Crippen molar-refractivity contribution in [2.24, 2.45) is 11.8 Å². The molecule has 15 nitrogen and oxygen atoms in total. The van der Waals surface area contributed by atoms with E-state index in [9.17, 15) is 33.6 Å². The van der Waals surface area contributed by atoms with Crippen LogP contribution in [0.5, 0.6) is 5.75 Å². The van der Waals surface area contributed by atoms with Crippen molar-refractivity contribution < 1.29 is 38.3 Å². The number of imide groups is 1. The fraction of sp³-hybridized carbons (Fsp3) is 0.606. The average Bonchev–Trinajstić information content (AvgIpc) is 3.19. The molecule has 1 aromatic rings. The van der Waals surface area contributed by atoms with Crippen LogP contribution >= 0.6 is 0 Å². The second kappa shape index (κ2) is 15.9. The molecular formula is C33H49N7O8. The number of ether oxygens (including phenoxy) is 1. The fourth-order valence-electron chi connectivity index (χ4n) is 5.39. The van der Waals surface area contributed by atoms with E-state index in [1.807, 2.05) is 27.7 Å². The van der Waals surface area contributed by atoms with Crippen molar-refractivity contribution in [3.8, 4) is 5.75 Å². The highest BCUT2D eigenvalue weighted by atomic mass is 16.5. The van der Waals surface area contributed by atoms with Crippen LogP contribution in [0.4, 0.5) is 4.79 Å². The van der Waals surface area contributed by atoms with Gasteiger partial charge in [-0.3, -0.25) is 33.7 Å². The Labute approximate surface area is 281 Å². The van der Waals surface area contributed by atoms with Crippen LogP contribution in [0.25, 0.3) is 0 Å². The molecule has 48 heavy (non-hydrogen) atoms. The van der Waals surface area contributed by atoms with Gasteiger partial charge in [0.2, 0.25) is 29.5 Å². The largest absolute Gasteiger partial charge is 0.497 e. The summed E-state index contributed by atoms with van der Waals surface area (Å²) >= 11 is 0. The standard InChI is InChI=1S/C33H49N7O8/c1-18(2)13-23-30(45)36-24(14-21-9-11-22(48-8)12-10-21)29(44)34-20(5)28(43)37-25(19(3)4)15-39(16-26(41)35-23)27(42)17-40-31(46)33(6,7)38-32(40)47/h9-12,18-20,23-25H,13-17H2,1-8H3,(H,34,44)(H,35,41)(H,36,45)(H,37,43)(H,38,47)/t20-,23+,24+,25-/m1/s1. The number of hydrogen-bond acceptors (Lipinski definition) is 8. The second-order valence-electron chi connectivity index (χ2n) is 13.7. The van der Waals surface area contributed by atoms with Gasteiger partial charge in [-0.1, -0.05) is 39.8 Å². The van der Waals surface area contributed by atoms with E-state index in [-0.39, 0.29) is 31.2 Å². The lowest BCUT2D eigenvalue weighted by atomic mass is 10.0. The summed E-state index contributed by atoms with van der Waals surface area (Å²) in [5.74, 6) is -3.39. The monoisotopic (exact) mass is 671 g/mol. The second-order valence-corrected chi connectivity index (χ2v) is 13.7. The van der Waals surface area contributed by atoms with Crippen molar-refractivity contribution in [1.29, 1.82) is 0 Å². The molecule has 0 aliphatic carbocycles. The molecule has 4 atom stereocenters. The predicted molar refractivity (Wildman–Crippen MR) is 175 cm³/mol. The van der Waals surface area contributed by atoms with E-state index >= 15 is 0 Å². The summed E-state index contributed by atoms with van der Waals surface area (Å²) in [5.41, 5.74) is -0.484. The van der Waals surface area contributed by atoms with E-state index < -0.39 is 84.3 Å². The number of carbonyl (C=O) groups is 7. The summed E-state index contributed by atoms with van der Waals surface area (Å²) in [5, 5.41) is 13.5. The highest BCUT2D eigenvalue weighted by molar-refractivity contribution is 6.08. The van der Waals surface area contributed by atoms with Gasteiger partial charge in [-0.15, -0.1) is 0 Å². The van der Waals surface area contributed by atoms with Gasteiger partial charge in [-0.25, -0.2) is 4.79 Å². The van der Waals surface area contributed by atoms with Crippen LogP contribution in [0.3, 0.4) is 0 Å². The minimum atomic E-state index is -1.20. The molecule has 0 saturated carbocycles. The molecule has 2 aliphatic rings. The highest BCUT2D eigenvalue weighted by Gasteiger charge is 2.45. The Morgan fingerprint density at radius 1 is 0.896 bits per heavy atom. The molecule has 2 heterocycles. The molecule has 0 unspecified atom stereocenters.